The first kappa shape index (κ1) is 20.2. The first-order valence-corrected chi connectivity index (χ1v) is 10.2. The van der Waals surface area contributed by atoms with Crippen LogP contribution in [0.1, 0.15) is 23.4 Å². The Morgan fingerprint density at radius 2 is 1.70 bits per heavy atom. The van der Waals surface area contributed by atoms with E-state index in [4.69, 9.17) is 4.98 Å². The number of imidazole rings is 2. The fourth-order valence-electron chi connectivity index (χ4n) is 4.03. The lowest BCUT2D eigenvalue weighted by Crippen LogP contribution is -2.39. The van der Waals surface area contributed by atoms with Crippen molar-refractivity contribution in [2.24, 2.45) is 7.05 Å². The van der Waals surface area contributed by atoms with Crippen molar-refractivity contribution in [1.82, 2.24) is 28.0 Å². The Hall–Kier alpha value is -3.13. The third-order valence-corrected chi connectivity index (χ3v) is 5.80. The summed E-state index contributed by atoms with van der Waals surface area (Å²) in [6, 6.07) is 9.56. The van der Waals surface area contributed by atoms with E-state index in [0.29, 0.717) is 16.9 Å². The zero-order chi connectivity index (χ0) is 21.6. The maximum atomic E-state index is 13.4. The molecule has 4 rings (SSSR count). The van der Waals surface area contributed by atoms with E-state index in [0.717, 1.165) is 36.5 Å². The number of nitrogens with zero attached hydrogens (tertiary/aromatic N) is 6. The zero-order valence-electron chi connectivity index (χ0n) is 18.2. The molecule has 4 aromatic rings. The first-order valence-electron chi connectivity index (χ1n) is 10.2. The largest absolute Gasteiger partial charge is 0.332 e. The van der Waals surface area contributed by atoms with Gasteiger partial charge in [0.2, 0.25) is 5.78 Å². The molecule has 3 heterocycles. The van der Waals surface area contributed by atoms with Crippen LogP contribution in [0.15, 0.2) is 39.9 Å². The lowest BCUT2D eigenvalue weighted by Gasteiger charge is -2.11. The highest BCUT2D eigenvalue weighted by atomic mass is 16.2. The number of aryl methyl sites for hydroxylation is 3. The number of hydrogen-bond donors (Lipinski definition) is 0. The molecule has 0 N–H and O–H groups in total. The average Bonchev–Trinajstić information content (AvgIpc) is 3.22. The highest BCUT2D eigenvalue weighted by molar-refractivity contribution is 5.76. The molecule has 30 heavy (non-hydrogen) atoms. The Bertz CT molecular complexity index is 1340. The lowest BCUT2D eigenvalue weighted by molar-refractivity contribution is 0.386. The second-order valence-corrected chi connectivity index (χ2v) is 8.12. The van der Waals surface area contributed by atoms with Crippen molar-refractivity contribution >= 4 is 16.9 Å². The molecule has 0 saturated carbocycles. The van der Waals surface area contributed by atoms with Crippen LogP contribution in [-0.4, -0.2) is 48.6 Å². The van der Waals surface area contributed by atoms with E-state index in [2.05, 4.69) is 30.5 Å². The van der Waals surface area contributed by atoms with Crippen molar-refractivity contribution in [1.29, 1.82) is 0 Å². The Kier molecular flexibility index (Phi) is 5.11. The molecular formula is C22H28N6O2. The second kappa shape index (κ2) is 7.60. The highest BCUT2D eigenvalue weighted by Gasteiger charge is 2.22. The van der Waals surface area contributed by atoms with Crippen molar-refractivity contribution in [2.75, 3.05) is 20.6 Å². The third-order valence-electron chi connectivity index (χ3n) is 5.80. The standard InChI is InChI=1S/C22H28N6O2/c1-15-16(2)28-18-19(23-21(28)26(15)13-9-12-24(3)4)25(5)22(30)27(20(18)29)14-17-10-7-6-8-11-17/h6-8,10-11H,9,12-14H2,1-5H3. The SMILES string of the molecule is Cc1c(C)n2c3c(=O)n(Cc4ccccc4)c(=O)n(C)c3nc2n1CCCN(C)C. The van der Waals surface area contributed by atoms with E-state index < -0.39 is 0 Å². The van der Waals surface area contributed by atoms with Gasteiger partial charge >= 0.3 is 5.69 Å². The molecule has 0 aliphatic rings. The van der Waals surface area contributed by atoms with Crippen LogP contribution in [0.4, 0.5) is 0 Å². The van der Waals surface area contributed by atoms with E-state index in [9.17, 15) is 9.59 Å². The normalized spacial score (nSPS) is 11.9. The van der Waals surface area contributed by atoms with E-state index >= 15 is 0 Å². The minimum atomic E-state index is -0.356. The number of aromatic nitrogens is 5. The number of rotatable bonds is 6. The van der Waals surface area contributed by atoms with Crippen LogP contribution in [0.3, 0.4) is 0 Å². The predicted molar refractivity (Wildman–Crippen MR) is 118 cm³/mol. The molecule has 1 aromatic carbocycles. The lowest BCUT2D eigenvalue weighted by atomic mass is 10.2. The van der Waals surface area contributed by atoms with Crippen molar-refractivity contribution < 1.29 is 0 Å². The van der Waals surface area contributed by atoms with Gasteiger partial charge in [-0.2, -0.15) is 4.98 Å². The number of hydrogen-bond acceptors (Lipinski definition) is 4. The summed E-state index contributed by atoms with van der Waals surface area (Å²) < 4.78 is 6.82. The summed E-state index contributed by atoms with van der Waals surface area (Å²) in [6.45, 7) is 6.05. The summed E-state index contributed by atoms with van der Waals surface area (Å²) in [7, 11) is 5.78. The van der Waals surface area contributed by atoms with Gasteiger partial charge in [0.05, 0.1) is 6.54 Å². The monoisotopic (exact) mass is 408 g/mol. The summed E-state index contributed by atoms with van der Waals surface area (Å²) in [5.74, 6) is 0.711. The summed E-state index contributed by atoms with van der Waals surface area (Å²) in [5, 5.41) is 0. The maximum absolute atomic E-state index is 13.4. The minimum Gasteiger partial charge on any atom is -0.314 e. The van der Waals surface area contributed by atoms with Crippen molar-refractivity contribution in [2.45, 2.75) is 33.4 Å². The van der Waals surface area contributed by atoms with Gasteiger partial charge in [-0.3, -0.25) is 18.3 Å². The van der Waals surface area contributed by atoms with E-state index in [1.807, 2.05) is 41.7 Å². The van der Waals surface area contributed by atoms with Gasteiger partial charge < -0.3 is 9.47 Å². The van der Waals surface area contributed by atoms with Crippen LogP contribution in [-0.2, 0) is 20.1 Å². The van der Waals surface area contributed by atoms with Crippen LogP contribution in [0.5, 0.6) is 0 Å². The van der Waals surface area contributed by atoms with Crippen molar-refractivity contribution in [3.63, 3.8) is 0 Å². The molecule has 3 aromatic heterocycles. The zero-order valence-corrected chi connectivity index (χ0v) is 18.2. The van der Waals surface area contributed by atoms with Gasteiger partial charge in [0.25, 0.3) is 5.56 Å². The van der Waals surface area contributed by atoms with Gasteiger partial charge in [-0.15, -0.1) is 0 Å². The molecule has 8 heteroatoms. The van der Waals surface area contributed by atoms with Gasteiger partial charge in [-0.1, -0.05) is 30.3 Å². The Balaban J connectivity index is 1.93. The Morgan fingerprint density at radius 3 is 2.37 bits per heavy atom. The first-order chi connectivity index (χ1) is 14.3. The van der Waals surface area contributed by atoms with Crippen molar-refractivity contribution in [3.8, 4) is 0 Å². The molecule has 0 bridgehead atoms. The van der Waals surface area contributed by atoms with Gasteiger partial charge in [-0.05, 0) is 46.5 Å². The van der Waals surface area contributed by atoms with Gasteiger partial charge in [0.15, 0.2) is 11.2 Å². The summed E-state index contributed by atoms with van der Waals surface area (Å²) in [5.41, 5.74) is 3.18. The quantitative estimate of drug-likeness (QED) is 0.488. The smallest absolute Gasteiger partial charge is 0.314 e. The van der Waals surface area contributed by atoms with E-state index in [-0.39, 0.29) is 17.8 Å². The maximum Gasteiger partial charge on any atom is 0.332 e. The molecule has 0 aliphatic carbocycles. The molecule has 0 unspecified atom stereocenters. The molecule has 158 valence electrons. The van der Waals surface area contributed by atoms with Crippen LogP contribution in [0.2, 0.25) is 0 Å². The predicted octanol–water partition coefficient (Wildman–Crippen LogP) is 1.77. The molecule has 0 fully saturated rings. The molecule has 0 aliphatic heterocycles. The third kappa shape index (κ3) is 3.17. The minimum absolute atomic E-state index is 0.233. The second-order valence-electron chi connectivity index (χ2n) is 8.12. The molecule has 0 saturated heterocycles. The molecule has 0 atom stereocenters. The fraction of sp³-hybridized carbons (Fsp3) is 0.409. The molecule has 8 nitrogen and oxygen atoms in total. The van der Waals surface area contributed by atoms with Crippen LogP contribution in [0, 0.1) is 13.8 Å². The number of benzene rings is 1. The molecular weight excluding hydrogens is 380 g/mol. The average molecular weight is 409 g/mol. The summed E-state index contributed by atoms with van der Waals surface area (Å²) in [4.78, 5) is 33.3. The molecule has 0 spiro atoms. The topological polar surface area (TPSA) is 69.5 Å². The van der Waals surface area contributed by atoms with Gasteiger partial charge in [-0.25, -0.2) is 4.79 Å². The van der Waals surface area contributed by atoms with E-state index in [1.54, 1.807) is 7.05 Å². The van der Waals surface area contributed by atoms with Crippen molar-refractivity contribution in [3.05, 3.63) is 68.1 Å². The summed E-state index contributed by atoms with van der Waals surface area (Å²) in [6.07, 6.45) is 0.970. The number of fused-ring (bicyclic) bond motifs is 3. The Labute approximate surface area is 174 Å². The van der Waals surface area contributed by atoms with E-state index in [1.165, 1.54) is 9.13 Å². The highest BCUT2D eigenvalue weighted by Crippen LogP contribution is 2.21. The van der Waals surface area contributed by atoms with Crippen LogP contribution >= 0.6 is 0 Å². The van der Waals surface area contributed by atoms with Gasteiger partial charge in [0.1, 0.15) is 0 Å². The van der Waals surface area contributed by atoms with Crippen LogP contribution in [0.25, 0.3) is 16.9 Å². The van der Waals surface area contributed by atoms with Gasteiger partial charge in [0, 0.05) is 25.0 Å². The van der Waals surface area contributed by atoms with Crippen LogP contribution < -0.4 is 11.2 Å². The summed E-state index contributed by atoms with van der Waals surface area (Å²) >= 11 is 0. The molecule has 0 radical (unpaired) electrons. The molecule has 0 amide bonds. The Morgan fingerprint density at radius 1 is 1.00 bits per heavy atom. The fourth-order valence-corrected chi connectivity index (χ4v) is 4.03.